The molecule has 0 saturated carbocycles. The molecule has 0 atom stereocenters. The molecule has 0 aliphatic carbocycles. The Labute approximate surface area is 182 Å². The zero-order chi connectivity index (χ0) is 22.0. The fourth-order valence-corrected chi connectivity index (χ4v) is 3.02. The molecule has 1 aromatic rings. The molecule has 0 fully saturated rings. The smallest absolute Gasteiger partial charge is 0.311 e. The number of rotatable bonds is 17. The quantitative estimate of drug-likeness (QED) is 0.154. The van der Waals surface area contributed by atoms with E-state index in [2.05, 4.69) is 20.8 Å². The summed E-state index contributed by atoms with van der Waals surface area (Å²) in [4.78, 5) is 24.5. The molecular weight excluding hydrogens is 380 g/mol. The van der Waals surface area contributed by atoms with E-state index in [0.717, 1.165) is 70.6 Å². The molecule has 0 N–H and O–H groups in total. The highest BCUT2D eigenvalue weighted by molar-refractivity contribution is 5.76. The van der Waals surface area contributed by atoms with E-state index in [1.54, 1.807) is 18.2 Å². The average Bonchev–Trinajstić information content (AvgIpc) is 2.73. The van der Waals surface area contributed by atoms with Gasteiger partial charge in [0.2, 0.25) is 0 Å². The van der Waals surface area contributed by atoms with E-state index in [-0.39, 0.29) is 23.4 Å². The topological polar surface area (TPSA) is 61.8 Å². The van der Waals surface area contributed by atoms with Crippen molar-refractivity contribution >= 4 is 11.9 Å². The van der Waals surface area contributed by atoms with Gasteiger partial charge in [-0.15, -0.1) is 0 Å². The van der Waals surface area contributed by atoms with Gasteiger partial charge in [0.1, 0.15) is 5.75 Å². The van der Waals surface area contributed by atoms with Crippen molar-refractivity contribution in [1.82, 2.24) is 0 Å². The van der Waals surface area contributed by atoms with Crippen LogP contribution in [-0.4, -0.2) is 18.5 Å². The maximum absolute atomic E-state index is 12.3. The minimum atomic E-state index is -0.311. The summed E-state index contributed by atoms with van der Waals surface area (Å²) in [6, 6.07) is 5.05. The third kappa shape index (κ3) is 11.8. The van der Waals surface area contributed by atoms with Crippen molar-refractivity contribution in [2.45, 2.75) is 104 Å². The number of hydrogen-bond donors (Lipinski definition) is 0. The lowest BCUT2D eigenvalue weighted by atomic mass is 10.1. The zero-order valence-corrected chi connectivity index (χ0v) is 19.2. The highest BCUT2D eigenvalue weighted by Crippen LogP contribution is 2.32. The highest BCUT2D eigenvalue weighted by Gasteiger charge is 2.15. The summed E-state index contributed by atoms with van der Waals surface area (Å²) in [6.07, 6.45) is 12.0. The predicted octanol–water partition coefficient (Wildman–Crippen LogP) is 7.01. The lowest BCUT2D eigenvalue weighted by Gasteiger charge is -2.13. The largest absolute Gasteiger partial charge is 0.493 e. The van der Waals surface area contributed by atoms with Gasteiger partial charge in [-0.1, -0.05) is 72.1 Å². The number of benzene rings is 1. The first-order chi connectivity index (χ1) is 14.6. The van der Waals surface area contributed by atoms with Gasteiger partial charge in [-0.2, -0.15) is 0 Å². The molecule has 0 radical (unpaired) electrons. The van der Waals surface area contributed by atoms with E-state index in [9.17, 15) is 9.59 Å². The Morgan fingerprint density at radius 2 is 1.20 bits per heavy atom. The molecule has 0 aliphatic heterocycles. The highest BCUT2D eigenvalue weighted by atomic mass is 16.6. The first-order valence-corrected chi connectivity index (χ1v) is 11.8. The van der Waals surface area contributed by atoms with Crippen LogP contribution in [0.4, 0.5) is 0 Å². The normalized spacial score (nSPS) is 10.6. The van der Waals surface area contributed by atoms with Gasteiger partial charge in [-0.05, 0) is 31.4 Å². The number of esters is 2. The maximum Gasteiger partial charge on any atom is 0.311 e. The number of ether oxygens (including phenoxy) is 3. The standard InChI is InChI=1S/C25H40O5/c1-4-7-10-12-15-24(26)29-22-18-17-21(28-19-14-9-6-3)20-23(22)30-25(27)16-13-11-8-5-2/h17-18,20H,4-16,19H2,1-3H3. The van der Waals surface area contributed by atoms with Crippen LogP contribution in [0.3, 0.4) is 0 Å². The molecule has 0 saturated heterocycles. The summed E-state index contributed by atoms with van der Waals surface area (Å²) < 4.78 is 16.8. The summed E-state index contributed by atoms with van der Waals surface area (Å²) in [7, 11) is 0. The Morgan fingerprint density at radius 3 is 1.77 bits per heavy atom. The van der Waals surface area contributed by atoms with Crippen molar-refractivity contribution in [1.29, 1.82) is 0 Å². The van der Waals surface area contributed by atoms with Gasteiger partial charge in [-0.25, -0.2) is 0 Å². The van der Waals surface area contributed by atoms with Crippen molar-refractivity contribution in [3.05, 3.63) is 18.2 Å². The van der Waals surface area contributed by atoms with E-state index in [4.69, 9.17) is 14.2 Å². The van der Waals surface area contributed by atoms with Gasteiger partial charge >= 0.3 is 11.9 Å². The number of unbranched alkanes of at least 4 members (excludes halogenated alkanes) is 8. The van der Waals surface area contributed by atoms with Crippen molar-refractivity contribution in [3.8, 4) is 17.2 Å². The fraction of sp³-hybridized carbons (Fsp3) is 0.680. The van der Waals surface area contributed by atoms with Crippen molar-refractivity contribution < 1.29 is 23.8 Å². The Kier molecular flexibility index (Phi) is 14.5. The van der Waals surface area contributed by atoms with Gasteiger partial charge in [-0.3, -0.25) is 9.59 Å². The molecule has 1 rings (SSSR count). The molecule has 0 bridgehead atoms. The van der Waals surface area contributed by atoms with Crippen molar-refractivity contribution in [2.75, 3.05) is 6.61 Å². The second kappa shape index (κ2) is 16.7. The monoisotopic (exact) mass is 420 g/mol. The van der Waals surface area contributed by atoms with E-state index < -0.39 is 0 Å². The molecule has 0 heterocycles. The SMILES string of the molecule is CCCCCCC(=O)Oc1ccc(OCCCCC)cc1OC(=O)CCCCCC. The first kappa shape index (κ1) is 26.0. The molecule has 0 unspecified atom stereocenters. The lowest BCUT2D eigenvalue weighted by molar-refractivity contribution is -0.137. The molecule has 0 aromatic heterocycles. The molecule has 30 heavy (non-hydrogen) atoms. The molecule has 170 valence electrons. The van der Waals surface area contributed by atoms with Crippen LogP contribution in [0.15, 0.2) is 18.2 Å². The molecule has 1 aromatic carbocycles. The first-order valence-electron chi connectivity index (χ1n) is 11.8. The third-order valence-corrected chi connectivity index (χ3v) is 4.85. The van der Waals surface area contributed by atoms with Gasteiger partial charge in [0.25, 0.3) is 0 Å². The van der Waals surface area contributed by atoms with Gasteiger partial charge in [0.05, 0.1) is 6.61 Å². The molecule has 5 heteroatoms. The molecule has 0 amide bonds. The molecular formula is C25H40O5. The minimum absolute atomic E-state index is 0.255. The van der Waals surface area contributed by atoms with Crippen LogP contribution in [-0.2, 0) is 9.59 Å². The number of carbonyl (C=O) groups excluding carboxylic acids is 2. The third-order valence-electron chi connectivity index (χ3n) is 4.85. The van der Waals surface area contributed by atoms with Crippen LogP contribution >= 0.6 is 0 Å². The maximum atomic E-state index is 12.3. The van der Waals surface area contributed by atoms with Gasteiger partial charge in [0, 0.05) is 18.9 Å². The number of hydrogen-bond acceptors (Lipinski definition) is 5. The predicted molar refractivity (Wildman–Crippen MR) is 120 cm³/mol. The van der Waals surface area contributed by atoms with Gasteiger partial charge < -0.3 is 14.2 Å². The molecule has 0 spiro atoms. The average molecular weight is 421 g/mol. The molecule has 0 aliphatic rings. The van der Waals surface area contributed by atoms with E-state index in [1.807, 2.05) is 0 Å². The summed E-state index contributed by atoms with van der Waals surface area (Å²) in [5.74, 6) is 0.531. The Balaban J connectivity index is 2.73. The second-order valence-corrected chi connectivity index (χ2v) is 7.73. The van der Waals surface area contributed by atoms with Crippen molar-refractivity contribution in [3.63, 3.8) is 0 Å². The Bertz CT molecular complexity index is 612. The summed E-state index contributed by atoms with van der Waals surface area (Å²) in [5, 5.41) is 0. The second-order valence-electron chi connectivity index (χ2n) is 7.73. The van der Waals surface area contributed by atoms with E-state index in [1.165, 1.54) is 0 Å². The minimum Gasteiger partial charge on any atom is -0.493 e. The summed E-state index contributed by atoms with van der Waals surface area (Å²) in [6.45, 7) is 7.01. The van der Waals surface area contributed by atoms with Crippen LogP contribution in [0.2, 0.25) is 0 Å². The van der Waals surface area contributed by atoms with Crippen molar-refractivity contribution in [2.24, 2.45) is 0 Å². The van der Waals surface area contributed by atoms with Crippen LogP contribution in [0.1, 0.15) is 104 Å². The number of carbonyl (C=O) groups is 2. The van der Waals surface area contributed by atoms with E-state index >= 15 is 0 Å². The van der Waals surface area contributed by atoms with Crippen LogP contribution in [0.5, 0.6) is 17.2 Å². The van der Waals surface area contributed by atoms with Crippen LogP contribution < -0.4 is 14.2 Å². The van der Waals surface area contributed by atoms with E-state index in [0.29, 0.717) is 25.2 Å². The van der Waals surface area contributed by atoms with Crippen LogP contribution in [0.25, 0.3) is 0 Å². The lowest BCUT2D eigenvalue weighted by Crippen LogP contribution is -2.12. The van der Waals surface area contributed by atoms with Crippen LogP contribution in [0, 0.1) is 0 Å². The summed E-state index contributed by atoms with van der Waals surface area (Å²) in [5.41, 5.74) is 0. The molecule has 5 nitrogen and oxygen atoms in total. The van der Waals surface area contributed by atoms with Gasteiger partial charge in [0.15, 0.2) is 11.5 Å². The zero-order valence-electron chi connectivity index (χ0n) is 19.2. The summed E-state index contributed by atoms with van der Waals surface area (Å²) >= 11 is 0. The Hall–Kier alpha value is -2.04. The Morgan fingerprint density at radius 1 is 0.667 bits per heavy atom. The fourth-order valence-electron chi connectivity index (χ4n) is 3.02.